The number of fused-ring (bicyclic) bond motifs is 2. The third-order valence-electron chi connectivity index (χ3n) is 4.01. The Morgan fingerprint density at radius 3 is 2.90 bits per heavy atom. The van der Waals surface area contributed by atoms with Crippen LogP contribution < -0.4 is 4.74 Å². The second kappa shape index (κ2) is 4.74. The first-order valence-corrected chi connectivity index (χ1v) is 7.36. The smallest absolute Gasteiger partial charge is 0.164 e. The molecule has 4 rings (SSSR count). The van der Waals surface area contributed by atoms with Gasteiger partial charge in [-0.3, -0.25) is 0 Å². The molecule has 106 valence electrons. The SMILES string of the molecule is COc1ccccc1-c1cnn2c(Cl)c3c(nc12)CCC3. The van der Waals surface area contributed by atoms with Gasteiger partial charge in [-0.05, 0) is 25.3 Å². The molecule has 2 aromatic heterocycles. The van der Waals surface area contributed by atoms with Gasteiger partial charge in [0.2, 0.25) is 0 Å². The van der Waals surface area contributed by atoms with E-state index in [0.29, 0.717) is 5.15 Å². The van der Waals surface area contributed by atoms with Crippen LogP contribution >= 0.6 is 11.6 Å². The van der Waals surface area contributed by atoms with Crippen molar-refractivity contribution in [3.63, 3.8) is 0 Å². The fourth-order valence-corrected chi connectivity index (χ4v) is 3.31. The largest absolute Gasteiger partial charge is 0.496 e. The molecule has 4 nitrogen and oxygen atoms in total. The molecular weight excluding hydrogens is 286 g/mol. The van der Waals surface area contributed by atoms with Crippen LogP contribution in [0.5, 0.6) is 5.75 Å². The van der Waals surface area contributed by atoms with Crippen molar-refractivity contribution >= 4 is 17.2 Å². The van der Waals surface area contributed by atoms with E-state index >= 15 is 0 Å². The predicted molar refractivity (Wildman–Crippen MR) is 82.0 cm³/mol. The zero-order chi connectivity index (χ0) is 14.4. The first-order chi connectivity index (χ1) is 10.3. The summed E-state index contributed by atoms with van der Waals surface area (Å²) in [7, 11) is 1.67. The highest BCUT2D eigenvalue weighted by Crippen LogP contribution is 2.35. The number of para-hydroxylation sites is 1. The van der Waals surface area contributed by atoms with Crippen LogP contribution in [-0.4, -0.2) is 21.7 Å². The normalized spacial score (nSPS) is 13.6. The number of rotatable bonds is 2. The number of nitrogens with zero attached hydrogens (tertiary/aromatic N) is 3. The molecule has 0 radical (unpaired) electrons. The molecule has 1 aliphatic rings. The van der Waals surface area contributed by atoms with Crippen molar-refractivity contribution < 1.29 is 4.74 Å². The molecule has 0 N–H and O–H groups in total. The molecule has 1 aliphatic carbocycles. The standard InChI is InChI=1S/C16H14ClN3O/c1-21-14-8-3-2-5-10(14)12-9-18-20-15(17)11-6-4-7-13(11)19-16(12)20/h2-3,5,8-9H,4,6-7H2,1H3. The van der Waals surface area contributed by atoms with Crippen LogP contribution in [0.1, 0.15) is 17.7 Å². The van der Waals surface area contributed by atoms with E-state index in [1.165, 1.54) is 0 Å². The summed E-state index contributed by atoms with van der Waals surface area (Å²) in [6.45, 7) is 0. The molecule has 0 spiro atoms. The van der Waals surface area contributed by atoms with E-state index in [0.717, 1.165) is 53.0 Å². The fraction of sp³-hybridized carbons (Fsp3) is 0.250. The quantitative estimate of drug-likeness (QED) is 0.679. The molecule has 0 saturated heterocycles. The second-order valence-electron chi connectivity index (χ2n) is 5.18. The van der Waals surface area contributed by atoms with Crippen molar-refractivity contribution in [1.29, 1.82) is 0 Å². The Bertz CT molecular complexity index is 841. The Morgan fingerprint density at radius 1 is 1.19 bits per heavy atom. The summed E-state index contributed by atoms with van der Waals surface area (Å²) in [4.78, 5) is 4.79. The van der Waals surface area contributed by atoms with Gasteiger partial charge in [-0.25, -0.2) is 9.50 Å². The zero-order valence-corrected chi connectivity index (χ0v) is 12.4. The van der Waals surface area contributed by atoms with Crippen molar-refractivity contribution in [3.8, 4) is 16.9 Å². The van der Waals surface area contributed by atoms with Crippen molar-refractivity contribution in [2.24, 2.45) is 0 Å². The lowest BCUT2D eigenvalue weighted by Crippen LogP contribution is -2.00. The molecule has 0 atom stereocenters. The van der Waals surface area contributed by atoms with Gasteiger partial charge in [0.1, 0.15) is 10.9 Å². The maximum absolute atomic E-state index is 6.49. The van der Waals surface area contributed by atoms with Gasteiger partial charge in [0.25, 0.3) is 0 Å². The number of hydrogen-bond donors (Lipinski definition) is 0. The van der Waals surface area contributed by atoms with Crippen molar-refractivity contribution in [2.45, 2.75) is 19.3 Å². The van der Waals surface area contributed by atoms with Gasteiger partial charge in [-0.2, -0.15) is 5.10 Å². The third-order valence-corrected chi connectivity index (χ3v) is 4.39. The van der Waals surface area contributed by atoms with E-state index in [4.69, 9.17) is 21.3 Å². The lowest BCUT2D eigenvalue weighted by Gasteiger charge is -2.08. The van der Waals surface area contributed by atoms with Gasteiger partial charge >= 0.3 is 0 Å². The minimum atomic E-state index is 0.689. The molecular formula is C16H14ClN3O. The highest BCUT2D eigenvalue weighted by Gasteiger charge is 2.22. The minimum absolute atomic E-state index is 0.689. The van der Waals surface area contributed by atoms with E-state index < -0.39 is 0 Å². The summed E-state index contributed by atoms with van der Waals surface area (Å²) in [6.07, 6.45) is 4.89. The first kappa shape index (κ1) is 12.7. The van der Waals surface area contributed by atoms with E-state index in [-0.39, 0.29) is 0 Å². The zero-order valence-electron chi connectivity index (χ0n) is 11.6. The number of methoxy groups -OCH3 is 1. The summed E-state index contributed by atoms with van der Waals surface area (Å²) in [5.74, 6) is 0.811. The summed E-state index contributed by atoms with van der Waals surface area (Å²) < 4.78 is 7.17. The van der Waals surface area contributed by atoms with Gasteiger partial charge in [0.05, 0.1) is 18.9 Å². The average molecular weight is 300 g/mol. The molecule has 5 heteroatoms. The highest BCUT2D eigenvalue weighted by molar-refractivity contribution is 6.30. The second-order valence-corrected chi connectivity index (χ2v) is 5.53. The van der Waals surface area contributed by atoms with Crippen LogP contribution in [0.15, 0.2) is 30.5 Å². The van der Waals surface area contributed by atoms with Gasteiger partial charge in [0.15, 0.2) is 5.65 Å². The van der Waals surface area contributed by atoms with Crippen molar-refractivity contribution in [3.05, 3.63) is 46.9 Å². The Hall–Kier alpha value is -2.07. The summed E-state index contributed by atoms with van der Waals surface area (Å²) in [6, 6.07) is 7.88. The maximum Gasteiger partial charge on any atom is 0.164 e. The highest BCUT2D eigenvalue weighted by atomic mass is 35.5. The Kier molecular flexibility index (Phi) is 2.86. The van der Waals surface area contributed by atoms with Crippen LogP contribution in [0.25, 0.3) is 16.8 Å². The molecule has 0 fully saturated rings. The van der Waals surface area contributed by atoms with E-state index in [1.807, 2.05) is 24.3 Å². The molecule has 3 aromatic rings. The fourth-order valence-electron chi connectivity index (χ4n) is 2.98. The summed E-state index contributed by atoms with van der Waals surface area (Å²) >= 11 is 6.49. The van der Waals surface area contributed by atoms with Crippen molar-refractivity contribution in [1.82, 2.24) is 14.6 Å². The number of ether oxygens (including phenoxy) is 1. The molecule has 0 amide bonds. The van der Waals surface area contributed by atoms with Gasteiger partial charge < -0.3 is 4.74 Å². The van der Waals surface area contributed by atoms with Gasteiger partial charge in [-0.15, -0.1) is 0 Å². The number of hydrogen-bond acceptors (Lipinski definition) is 3. The average Bonchev–Trinajstić information content (AvgIpc) is 3.14. The molecule has 1 aromatic carbocycles. The van der Waals surface area contributed by atoms with E-state index in [2.05, 4.69) is 5.10 Å². The lowest BCUT2D eigenvalue weighted by molar-refractivity contribution is 0.416. The Balaban J connectivity index is 2.01. The Labute approximate surface area is 127 Å². The van der Waals surface area contributed by atoms with E-state index in [1.54, 1.807) is 17.8 Å². The van der Waals surface area contributed by atoms with E-state index in [9.17, 15) is 0 Å². The summed E-state index contributed by atoms with van der Waals surface area (Å²) in [5.41, 5.74) is 4.97. The van der Waals surface area contributed by atoms with Crippen LogP contribution in [0.4, 0.5) is 0 Å². The number of halogens is 1. The van der Waals surface area contributed by atoms with Crippen LogP contribution in [0.3, 0.4) is 0 Å². The monoisotopic (exact) mass is 299 g/mol. The lowest BCUT2D eigenvalue weighted by atomic mass is 10.1. The molecule has 0 unspecified atom stereocenters. The van der Waals surface area contributed by atoms with Gasteiger partial charge in [-0.1, -0.05) is 29.8 Å². The number of aryl methyl sites for hydroxylation is 1. The maximum atomic E-state index is 6.49. The molecule has 0 bridgehead atoms. The van der Waals surface area contributed by atoms with Crippen LogP contribution in [-0.2, 0) is 12.8 Å². The Morgan fingerprint density at radius 2 is 2.05 bits per heavy atom. The topological polar surface area (TPSA) is 39.4 Å². The molecule has 0 saturated carbocycles. The van der Waals surface area contributed by atoms with Gasteiger partial charge in [0, 0.05) is 16.8 Å². The predicted octanol–water partition coefficient (Wildman–Crippen LogP) is 3.55. The van der Waals surface area contributed by atoms with Crippen LogP contribution in [0.2, 0.25) is 5.15 Å². The van der Waals surface area contributed by atoms with Crippen molar-refractivity contribution in [2.75, 3.05) is 7.11 Å². The number of benzene rings is 1. The number of aromatic nitrogens is 3. The molecule has 2 heterocycles. The molecule has 21 heavy (non-hydrogen) atoms. The first-order valence-electron chi connectivity index (χ1n) is 6.98. The van der Waals surface area contributed by atoms with Crippen LogP contribution in [0, 0.1) is 0 Å². The minimum Gasteiger partial charge on any atom is -0.496 e. The molecule has 0 aliphatic heterocycles. The summed E-state index contributed by atoms with van der Waals surface area (Å²) in [5, 5.41) is 5.10. The third kappa shape index (κ3) is 1.83.